The Morgan fingerprint density at radius 2 is 1.72 bits per heavy atom. The summed E-state index contributed by atoms with van der Waals surface area (Å²) in [6, 6.07) is 8.59. The van der Waals surface area contributed by atoms with Crippen molar-refractivity contribution >= 4 is 15.8 Å². The quantitative estimate of drug-likeness (QED) is 0.406. The molecule has 0 radical (unpaired) electrons. The Morgan fingerprint density at radius 1 is 1.03 bits per heavy atom. The van der Waals surface area contributed by atoms with Gasteiger partial charge in [0.25, 0.3) is 0 Å². The fourth-order valence-corrected chi connectivity index (χ4v) is 7.33. The van der Waals surface area contributed by atoms with Crippen molar-refractivity contribution in [1.29, 1.82) is 0 Å². The van der Waals surface area contributed by atoms with E-state index in [-0.39, 0.29) is 42.4 Å². The van der Waals surface area contributed by atoms with Gasteiger partial charge in [-0.25, -0.2) is 8.42 Å². The number of esters is 1. The predicted molar refractivity (Wildman–Crippen MR) is 139 cm³/mol. The molecule has 0 unspecified atom stereocenters. The van der Waals surface area contributed by atoms with Gasteiger partial charge in [-0.3, -0.25) is 4.79 Å². The van der Waals surface area contributed by atoms with Gasteiger partial charge in [-0.05, 0) is 76.8 Å². The zero-order chi connectivity index (χ0) is 26.0. The molecular weight excluding hydrogens is 476 g/mol. The maximum atomic E-state index is 13.1. The van der Waals surface area contributed by atoms with Crippen LogP contribution in [0.3, 0.4) is 0 Å². The third kappa shape index (κ3) is 6.51. The largest absolute Gasteiger partial charge is 0.459 e. The lowest BCUT2D eigenvalue weighted by Crippen LogP contribution is -2.49. The van der Waals surface area contributed by atoms with Gasteiger partial charge >= 0.3 is 5.97 Å². The highest BCUT2D eigenvalue weighted by atomic mass is 32.2. The zero-order valence-electron chi connectivity index (χ0n) is 22.4. The summed E-state index contributed by atoms with van der Waals surface area (Å²) in [5.74, 6) is -0.614. The minimum absolute atomic E-state index is 0.0410. The van der Waals surface area contributed by atoms with Gasteiger partial charge in [0.15, 0.2) is 15.6 Å². The summed E-state index contributed by atoms with van der Waals surface area (Å²) in [6.07, 6.45) is 8.46. The Morgan fingerprint density at radius 3 is 2.39 bits per heavy atom. The Hall–Kier alpha value is -1.44. The molecule has 1 aromatic rings. The van der Waals surface area contributed by atoms with Crippen molar-refractivity contribution in [3.63, 3.8) is 0 Å². The van der Waals surface area contributed by atoms with Crippen LogP contribution in [0.4, 0.5) is 0 Å². The van der Waals surface area contributed by atoms with E-state index >= 15 is 0 Å². The molecule has 0 amide bonds. The fraction of sp³-hybridized carbons (Fsp3) is 0.759. The first-order chi connectivity index (χ1) is 17.0. The molecule has 0 N–H and O–H groups in total. The molecule has 2 bridgehead atoms. The minimum atomic E-state index is -3.47. The Balaban J connectivity index is 1.58. The number of hydrogen-bond acceptors (Lipinski definition) is 6. The fourth-order valence-electron chi connectivity index (χ4n) is 5.94. The van der Waals surface area contributed by atoms with Crippen LogP contribution in [-0.4, -0.2) is 44.2 Å². The molecule has 6 nitrogen and oxygen atoms in total. The van der Waals surface area contributed by atoms with E-state index in [1.54, 1.807) is 24.3 Å². The van der Waals surface area contributed by atoms with Gasteiger partial charge in [0.05, 0.1) is 28.3 Å². The standard InChI is InChI=1S/C29H44O6S/c1-21-15-16-25(26(22-11-7-5-8-12-22)33-27(30)28(2,3)4)35-29(18-17-24(21)34-29)19-20-36(31,32)23-13-9-6-10-14-23/h6,9-10,13-14,21-22,24-26H,5,7-8,11-12,15-20H2,1-4H3/t21-,24-,25-,26+,29-/m0/s1. The summed E-state index contributed by atoms with van der Waals surface area (Å²) >= 11 is 0. The molecule has 36 heavy (non-hydrogen) atoms. The number of ether oxygens (including phenoxy) is 3. The third-order valence-electron chi connectivity index (χ3n) is 8.27. The van der Waals surface area contributed by atoms with Crippen LogP contribution in [0.1, 0.15) is 91.9 Å². The van der Waals surface area contributed by atoms with E-state index in [0.29, 0.717) is 17.2 Å². The third-order valence-corrected chi connectivity index (χ3v) is 10.0. The highest BCUT2D eigenvalue weighted by Gasteiger charge is 2.49. The van der Waals surface area contributed by atoms with Crippen LogP contribution in [0.25, 0.3) is 0 Å². The van der Waals surface area contributed by atoms with Gasteiger partial charge in [-0.2, -0.15) is 0 Å². The Labute approximate surface area is 217 Å². The molecule has 1 saturated carbocycles. The van der Waals surface area contributed by atoms with Crippen LogP contribution < -0.4 is 0 Å². The average Bonchev–Trinajstić information content (AvgIpc) is 3.30. The van der Waals surface area contributed by atoms with Crippen molar-refractivity contribution in [1.82, 2.24) is 0 Å². The molecule has 1 aliphatic carbocycles. The lowest BCUT2D eigenvalue weighted by molar-refractivity contribution is -0.284. The molecular formula is C29H44O6S. The molecule has 7 heteroatoms. The lowest BCUT2D eigenvalue weighted by Gasteiger charge is -2.43. The van der Waals surface area contributed by atoms with Crippen molar-refractivity contribution in [3.8, 4) is 0 Å². The van der Waals surface area contributed by atoms with Crippen molar-refractivity contribution in [2.24, 2.45) is 17.3 Å². The molecule has 4 rings (SSSR count). The first-order valence-corrected chi connectivity index (χ1v) is 15.5. The Kier molecular flexibility index (Phi) is 8.52. The zero-order valence-corrected chi connectivity index (χ0v) is 23.2. The van der Waals surface area contributed by atoms with E-state index in [0.717, 1.165) is 44.9 Å². The van der Waals surface area contributed by atoms with Gasteiger partial charge in [0.1, 0.15) is 6.10 Å². The van der Waals surface area contributed by atoms with Gasteiger partial charge in [-0.15, -0.1) is 0 Å². The molecule has 3 aliphatic rings. The number of carbonyl (C=O) groups excluding carboxylic acids is 1. The second-order valence-electron chi connectivity index (χ2n) is 12.2. The van der Waals surface area contributed by atoms with E-state index in [4.69, 9.17) is 14.2 Å². The van der Waals surface area contributed by atoms with Crippen LogP contribution in [0.5, 0.6) is 0 Å². The average molecular weight is 521 g/mol. The number of hydrogen-bond donors (Lipinski definition) is 0. The van der Waals surface area contributed by atoms with Crippen LogP contribution in [0.15, 0.2) is 35.2 Å². The summed E-state index contributed by atoms with van der Waals surface area (Å²) in [5.41, 5.74) is -0.599. The number of fused-ring (bicyclic) bond motifs is 2. The van der Waals surface area contributed by atoms with Crippen LogP contribution in [-0.2, 0) is 28.8 Å². The SMILES string of the molecule is C[C@H]1CC[C@@H]([C@H](OC(=O)C(C)(C)C)C2CCCCC2)O[C@]2(CCS(=O)(=O)c3ccccc3)CC[C@@H]1O2. The molecule has 2 aliphatic heterocycles. The van der Waals surface area contributed by atoms with Crippen LogP contribution >= 0.6 is 0 Å². The first kappa shape index (κ1) is 27.6. The van der Waals surface area contributed by atoms with Gasteiger partial charge < -0.3 is 14.2 Å². The van der Waals surface area contributed by atoms with Crippen molar-refractivity contribution in [2.45, 2.75) is 121 Å². The maximum Gasteiger partial charge on any atom is 0.311 e. The predicted octanol–water partition coefficient (Wildman–Crippen LogP) is 6.08. The summed E-state index contributed by atoms with van der Waals surface area (Å²) in [5, 5.41) is 0. The van der Waals surface area contributed by atoms with Crippen molar-refractivity contribution < 1.29 is 27.4 Å². The summed E-state index contributed by atoms with van der Waals surface area (Å²) in [6.45, 7) is 7.86. The minimum Gasteiger partial charge on any atom is -0.459 e. The molecule has 2 saturated heterocycles. The van der Waals surface area contributed by atoms with E-state index in [9.17, 15) is 13.2 Å². The number of benzene rings is 1. The molecule has 0 aromatic heterocycles. The normalized spacial score (nSPS) is 30.8. The molecule has 0 spiro atoms. The number of rotatable bonds is 7. The summed E-state index contributed by atoms with van der Waals surface area (Å²) in [4.78, 5) is 13.4. The van der Waals surface area contributed by atoms with Gasteiger partial charge in [0, 0.05) is 12.8 Å². The lowest BCUT2D eigenvalue weighted by atomic mass is 9.81. The smallest absolute Gasteiger partial charge is 0.311 e. The van der Waals surface area contributed by atoms with Crippen LogP contribution in [0, 0.1) is 17.3 Å². The Bertz CT molecular complexity index is 979. The first-order valence-electron chi connectivity index (χ1n) is 13.8. The van der Waals surface area contributed by atoms with E-state index in [1.165, 1.54) is 6.42 Å². The van der Waals surface area contributed by atoms with Crippen LogP contribution in [0.2, 0.25) is 0 Å². The summed E-state index contributed by atoms with van der Waals surface area (Å²) in [7, 11) is -3.47. The van der Waals surface area contributed by atoms with E-state index < -0.39 is 21.0 Å². The molecule has 2 heterocycles. The monoisotopic (exact) mass is 520 g/mol. The van der Waals surface area contributed by atoms with Gasteiger partial charge in [-0.1, -0.05) is 44.4 Å². The molecule has 5 atom stereocenters. The van der Waals surface area contributed by atoms with E-state index in [1.807, 2.05) is 26.8 Å². The second kappa shape index (κ2) is 11.1. The molecule has 202 valence electrons. The molecule has 1 aromatic carbocycles. The van der Waals surface area contributed by atoms with Crippen molar-refractivity contribution in [2.75, 3.05) is 5.75 Å². The van der Waals surface area contributed by atoms with Gasteiger partial charge in [0.2, 0.25) is 0 Å². The number of carbonyl (C=O) groups is 1. The van der Waals surface area contributed by atoms with Crippen molar-refractivity contribution in [3.05, 3.63) is 30.3 Å². The van der Waals surface area contributed by atoms with E-state index in [2.05, 4.69) is 6.92 Å². The number of sulfone groups is 1. The summed E-state index contributed by atoms with van der Waals surface area (Å²) < 4.78 is 45.8. The second-order valence-corrected chi connectivity index (χ2v) is 14.3. The molecule has 3 fully saturated rings. The topological polar surface area (TPSA) is 78.9 Å². The maximum absolute atomic E-state index is 13.1. The highest BCUT2D eigenvalue weighted by molar-refractivity contribution is 7.91. The highest BCUT2D eigenvalue weighted by Crippen LogP contribution is 2.45.